The summed E-state index contributed by atoms with van der Waals surface area (Å²) in [6.07, 6.45) is 0. The molecule has 0 amide bonds. The van der Waals surface area contributed by atoms with Gasteiger partial charge in [0.15, 0.2) is 0 Å². The SMILES string of the molecule is Cc1cccc(-c2cc3ccccc3c(Cl)n2)n1. The van der Waals surface area contributed by atoms with Crippen molar-refractivity contribution >= 4 is 22.4 Å². The van der Waals surface area contributed by atoms with Gasteiger partial charge in [-0.3, -0.25) is 4.98 Å². The Morgan fingerprint density at radius 3 is 2.56 bits per heavy atom. The van der Waals surface area contributed by atoms with Gasteiger partial charge in [-0.1, -0.05) is 41.9 Å². The Morgan fingerprint density at radius 2 is 1.72 bits per heavy atom. The number of nitrogens with zero attached hydrogens (tertiary/aromatic N) is 2. The maximum atomic E-state index is 6.21. The van der Waals surface area contributed by atoms with Gasteiger partial charge in [0.25, 0.3) is 0 Å². The predicted octanol–water partition coefficient (Wildman–Crippen LogP) is 4.26. The third-order valence-electron chi connectivity index (χ3n) is 2.84. The Kier molecular flexibility index (Phi) is 2.73. The number of fused-ring (bicyclic) bond motifs is 1. The Balaban J connectivity index is 2.24. The molecule has 0 spiro atoms. The fourth-order valence-corrected chi connectivity index (χ4v) is 2.24. The molecular weight excluding hydrogens is 244 g/mol. The fraction of sp³-hybridized carbons (Fsp3) is 0.0667. The smallest absolute Gasteiger partial charge is 0.137 e. The van der Waals surface area contributed by atoms with E-state index in [2.05, 4.69) is 9.97 Å². The summed E-state index contributed by atoms with van der Waals surface area (Å²) < 4.78 is 0. The first-order valence-corrected chi connectivity index (χ1v) is 6.11. The van der Waals surface area contributed by atoms with Crippen molar-refractivity contribution in [2.45, 2.75) is 6.92 Å². The van der Waals surface area contributed by atoms with E-state index in [0.29, 0.717) is 5.15 Å². The van der Waals surface area contributed by atoms with E-state index < -0.39 is 0 Å². The Morgan fingerprint density at radius 1 is 0.889 bits per heavy atom. The number of aromatic nitrogens is 2. The molecule has 3 rings (SSSR count). The van der Waals surface area contributed by atoms with Crippen molar-refractivity contribution in [3.8, 4) is 11.4 Å². The Bertz CT molecular complexity index is 723. The minimum absolute atomic E-state index is 0.520. The van der Waals surface area contributed by atoms with Gasteiger partial charge in [-0.05, 0) is 30.5 Å². The molecule has 1 aromatic carbocycles. The Labute approximate surface area is 110 Å². The molecule has 0 aliphatic carbocycles. The summed E-state index contributed by atoms with van der Waals surface area (Å²) in [4.78, 5) is 8.89. The van der Waals surface area contributed by atoms with E-state index in [4.69, 9.17) is 11.6 Å². The molecular formula is C15H11ClN2. The molecule has 88 valence electrons. The number of halogens is 1. The molecule has 0 bridgehead atoms. The quantitative estimate of drug-likeness (QED) is 0.607. The molecule has 2 nitrogen and oxygen atoms in total. The molecule has 0 unspecified atom stereocenters. The van der Waals surface area contributed by atoms with Crippen molar-refractivity contribution in [1.82, 2.24) is 9.97 Å². The van der Waals surface area contributed by atoms with Crippen LogP contribution < -0.4 is 0 Å². The van der Waals surface area contributed by atoms with Gasteiger partial charge < -0.3 is 0 Å². The van der Waals surface area contributed by atoms with E-state index in [9.17, 15) is 0 Å². The second kappa shape index (κ2) is 4.39. The summed E-state index contributed by atoms with van der Waals surface area (Å²) in [5.41, 5.74) is 2.63. The van der Waals surface area contributed by atoms with Crippen LogP contribution in [0.15, 0.2) is 48.5 Å². The fourth-order valence-electron chi connectivity index (χ4n) is 1.97. The summed E-state index contributed by atoms with van der Waals surface area (Å²) in [5.74, 6) is 0. The van der Waals surface area contributed by atoms with Crippen LogP contribution in [0.2, 0.25) is 5.15 Å². The summed E-state index contributed by atoms with van der Waals surface area (Å²) in [6.45, 7) is 1.96. The zero-order chi connectivity index (χ0) is 12.5. The van der Waals surface area contributed by atoms with Crippen LogP contribution in [0.5, 0.6) is 0 Å². The van der Waals surface area contributed by atoms with Crippen molar-refractivity contribution in [1.29, 1.82) is 0 Å². The molecule has 2 aromatic heterocycles. The summed E-state index contributed by atoms with van der Waals surface area (Å²) in [6, 6.07) is 15.9. The maximum absolute atomic E-state index is 6.21. The highest BCUT2D eigenvalue weighted by Gasteiger charge is 2.06. The number of hydrogen-bond acceptors (Lipinski definition) is 2. The summed E-state index contributed by atoms with van der Waals surface area (Å²) in [5, 5.41) is 2.57. The van der Waals surface area contributed by atoms with Crippen molar-refractivity contribution in [2.24, 2.45) is 0 Å². The lowest BCUT2D eigenvalue weighted by Crippen LogP contribution is -1.90. The van der Waals surface area contributed by atoms with Crippen molar-refractivity contribution in [3.05, 3.63) is 59.4 Å². The van der Waals surface area contributed by atoms with Gasteiger partial charge in [-0.15, -0.1) is 0 Å². The molecule has 0 aliphatic heterocycles. The van der Waals surface area contributed by atoms with Crippen LogP contribution in [-0.2, 0) is 0 Å². The largest absolute Gasteiger partial charge is 0.251 e. The Hall–Kier alpha value is -1.93. The average Bonchev–Trinajstić information content (AvgIpc) is 2.39. The minimum Gasteiger partial charge on any atom is -0.251 e. The number of rotatable bonds is 1. The normalized spacial score (nSPS) is 10.8. The molecule has 0 aliphatic rings. The molecule has 3 aromatic rings. The van der Waals surface area contributed by atoms with Crippen LogP contribution in [0.4, 0.5) is 0 Å². The number of hydrogen-bond donors (Lipinski definition) is 0. The van der Waals surface area contributed by atoms with E-state index in [1.54, 1.807) is 0 Å². The van der Waals surface area contributed by atoms with Crippen LogP contribution in [0.3, 0.4) is 0 Å². The van der Waals surface area contributed by atoms with Gasteiger partial charge in [0, 0.05) is 11.1 Å². The first-order chi connectivity index (χ1) is 8.74. The van der Waals surface area contributed by atoms with Crippen LogP contribution in [0, 0.1) is 6.92 Å². The molecule has 0 atom stereocenters. The molecule has 0 saturated heterocycles. The first kappa shape index (κ1) is 11.2. The molecule has 3 heteroatoms. The molecule has 0 N–H and O–H groups in total. The lowest BCUT2D eigenvalue weighted by atomic mass is 10.1. The summed E-state index contributed by atoms with van der Waals surface area (Å²) >= 11 is 6.21. The predicted molar refractivity (Wildman–Crippen MR) is 74.7 cm³/mol. The van der Waals surface area contributed by atoms with Gasteiger partial charge in [0.2, 0.25) is 0 Å². The van der Waals surface area contributed by atoms with Gasteiger partial charge >= 0.3 is 0 Å². The van der Waals surface area contributed by atoms with E-state index in [0.717, 1.165) is 27.9 Å². The molecule has 2 heterocycles. The van der Waals surface area contributed by atoms with Crippen LogP contribution in [-0.4, -0.2) is 9.97 Å². The third-order valence-corrected chi connectivity index (χ3v) is 3.13. The van der Waals surface area contributed by atoms with Crippen molar-refractivity contribution in [2.75, 3.05) is 0 Å². The highest BCUT2D eigenvalue weighted by atomic mass is 35.5. The highest BCUT2D eigenvalue weighted by Crippen LogP contribution is 2.26. The number of benzene rings is 1. The lowest BCUT2D eigenvalue weighted by Gasteiger charge is -2.05. The van der Waals surface area contributed by atoms with Crippen LogP contribution >= 0.6 is 11.6 Å². The van der Waals surface area contributed by atoms with Crippen molar-refractivity contribution in [3.63, 3.8) is 0 Å². The first-order valence-electron chi connectivity index (χ1n) is 5.73. The molecule has 0 saturated carbocycles. The monoisotopic (exact) mass is 254 g/mol. The molecule has 0 radical (unpaired) electrons. The van der Waals surface area contributed by atoms with E-state index in [1.807, 2.05) is 55.5 Å². The number of pyridine rings is 2. The topological polar surface area (TPSA) is 25.8 Å². The lowest BCUT2D eigenvalue weighted by molar-refractivity contribution is 1.18. The molecule has 0 fully saturated rings. The van der Waals surface area contributed by atoms with E-state index in [1.165, 1.54) is 0 Å². The zero-order valence-corrected chi connectivity index (χ0v) is 10.6. The van der Waals surface area contributed by atoms with Gasteiger partial charge in [-0.25, -0.2) is 4.98 Å². The zero-order valence-electron chi connectivity index (χ0n) is 9.89. The third kappa shape index (κ3) is 1.95. The van der Waals surface area contributed by atoms with E-state index in [-0.39, 0.29) is 0 Å². The van der Waals surface area contributed by atoms with Crippen molar-refractivity contribution < 1.29 is 0 Å². The minimum atomic E-state index is 0.520. The number of aryl methyl sites for hydroxylation is 1. The van der Waals surface area contributed by atoms with Crippen LogP contribution in [0.1, 0.15) is 5.69 Å². The molecule has 18 heavy (non-hydrogen) atoms. The van der Waals surface area contributed by atoms with Gasteiger partial charge in [-0.2, -0.15) is 0 Å². The standard InChI is InChI=1S/C15H11ClN2/c1-10-5-4-8-13(17-10)14-9-11-6-2-3-7-12(11)15(16)18-14/h2-9H,1H3. The van der Waals surface area contributed by atoms with E-state index >= 15 is 0 Å². The second-order valence-electron chi connectivity index (χ2n) is 4.18. The highest BCUT2D eigenvalue weighted by molar-refractivity contribution is 6.34. The second-order valence-corrected chi connectivity index (χ2v) is 4.54. The van der Waals surface area contributed by atoms with Gasteiger partial charge in [0.1, 0.15) is 5.15 Å². The van der Waals surface area contributed by atoms with Gasteiger partial charge in [0.05, 0.1) is 11.4 Å². The average molecular weight is 255 g/mol. The van der Waals surface area contributed by atoms with Crippen LogP contribution in [0.25, 0.3) is 22.2 Å². The maximum Gasteiger partial charge on any atom is 0.137 e. The summed E-state index contributed by atoms with van der Waals surface area (Å²) in [7, 11) is 0.